The molecule has 2 fully saturated rings. The van der Waals surface area contributed by atoms with E-state index in [1.54, 1.807) is 0 Å². The molecule has 0 aromatic carbocycles. The lowest BCUT2D eigenvalue weighted by molar-refractivity contribution is 0.0452. The van der Waals surface area contributed by atoms with Crippen LogP contribution in [0.15, 0.2) is 0 Å². The van der Waals surface area contributed by atoms with Gasteiger partial charge in [0.2, 0.25) is 0 Å². The number of aromatic nitrogens is 2. The van der Waals surface area contributed by atoms with E-state index in [2.05, 4.69) is 31.6 Å². The van der Waals surface area contributed by atoms with Crippen LogP contribution in [0.4, 0.5) is 5.00 Å². The van der Waals surface area contributed by atoms with Crippen LogP contribution >= 0.6 is 11.5 Å². The molecule has 0 radical (unpaired) electrons. The number of hydrogen-bond acceptors (Lipinski definition) is 6. The van der Waals surface area contributed by atoms with Crippen molar-refractivity contribution in [2.45, 2.75) is 45.2 Å². The van der Waals surface area contributed by atoms with Crippen molar-refractivity contribution in [3.05, 3.63) is 5.69 Å². The van der Waals surface area contributed by atoms with E-state index in [4.69, 9.17) is 0 Å². The molecule has 5 nitrogen and oxygen atoms in total. The van der Waals surface area contributed by atoms with Gasteiger partial charge in [0.15, 0.2) is 0 Å². The zero-order chi connectivity index (χ0) is 13.8. The van der Waals surface area contributed by atoms with Gasteiger partial charge < -0.3 is 5.32 Å². The molecule has 6 heteroatoms. The molecular formula is C14H25N5S. The first kappa shape index (κ1) is 14.2. The topological polar surface area (TPSA) is 44.3 Å². The molecule has 112 valence electrons. The van der Waals surface area contributed by atoms with Crippen LogP contribution in [0.5, 0.6) is 0 Å². The molecule has 0 aliphatic carbocycles. The van der Waals surface area contributed by atoms with E-state index in [9.17, 15) is 0 Å². The summed E-state index contributed by atoms with van der Waals surface area (Å²) in [4.78, 5) is 5.23. The number of hydrogen-bond donors (Lipinski definition) is 1. The highest BCUT2D eigenvalue weighted by Crippen LogP contribution is 2.24. The number of piperazine rings is 1. The van der Waals surface area contributed by atoms with Crippen LogP contribution in [-0.2, 0) is 6.54 Å². The Morgan fingerprint density at radius 3 is 3.15 bits per heavy atom. The van der Waals surface area contributed by atoms with Crippen molar-refractivity contribution in [1.82, 2.24) is 19.4 Å². The third-order valence-electron chi connectivity index (χ3n) is 4.39. The van der Waals surface area contributed by atoms with Crippen molar-refractivity contribution in [1.29, 1.82) is 0 Å². The quantitative estimate of drug-likeness (QED) is 0.900. The predicted octanol–water partition coefficient (Wildman–Crippen LogP) is 2.03. The number of nitrogens with zero attached hydrogens (tertiary/aromatic N) is 4. The lowest BCUT2D eigenvalue weighted by atomic mass is 9.99. The minimum atomic E-state index is 0.774. The third kappa shape index (κ3) is 3.30. The summed E-state index contributed by atoms with van der Waals surface area (Å²) >= 11 is 1.49. The van der Waals surface area contributed by atoms with Crippen LogP contribution in [0.2, 0.25) is 0 Å². The Labute approximate surface area is 125 Å². The molecule has 2 aliphatic heterocycles. The molecular weight excluding hydrogens is 270 g/mol. The Bertz CT molecular complexity index is 421. The van der Waals surface area contributed by atoms with Gasteiger partial charge >= 0.3 is 0 Å². The van der Waals surface area contributed by atoms with Gasteiger partial charge in [-0.3, -0.25) is 9.80 Å². The molecule has 1 aromatic heterocycles. The maximum Gasteiger partial charge on any atom is 0.134 e. The van der Waals surface area contributed by atoms with Crippen molar-refractivity contribution >= 4 is 16.5 Å². The van der Waals surface area contributed by atoms with Crippen molar-refractivity contribution in [3.63, 3.8) is 0 Å². The second kappa shape index (κ2) is 6.83. The summed E-state index contributed by atoms with van der Waals surface area (Å²) in [5, 5.41) is 8.93. The molecule has 0 spiro atoms. The van der Waals surface area contributed by atoms with Gasteiger partial charge in [-0.15, -0.1) is 5.10 Å². The van der Waals surface area contributed by atoms with E-state index in [1.165, 1.54) is 57.0 Å². The molecule has 1 atom stereocenters. The largest absolute Gasteiger partial charge is 0.374 e. The maximum absolute atomic E-state index is 4.32. The van der Waals surface area contributed by atoms with Gasteiger partial charge in [-0.25, -0.2) is 0 Å². The molecule has 0 amide bonds. The second-order valence-electron chi connectivity index (χ2n) is 5.90. The highest BCUT2D eigenvalue weighted by Gasteiger charge is 2.29. The Balaban J connectivity index is 1.56. The summed E-state index contributed by atoms with van der Waals surface area (Å²) in [5.74, 6) is 0. The van der Waals surface area contributed by atoms with Crippen LogP contribution in [0.3, 0.4) is 0 Å². The van der Waals surface area contributed by atoms with E-state index >= 15 is 0 Å². The molecule has 2 saturated heterocycles. The molecule has 2 aliphatic rings. The molecule has 3 heterocycles. The first-order valence-corrected chi connectivity index (χ1v) is 8.65. The summed E-state index contributed by atoms with van der Waals surface area (Å²) in [7, 11) is 0. The lowest BCUT2D eigenvalue weighted by Gasteiger charge is -2.43. The molecule has 1 aromatic rings. The van der Waals surface area contributed by atoms with Crippen molar-refractivity contribution in [2.75, 3.05) is 38.0 Å². The summed E-state index contributed by atoms with van der Waals surface area (Å²) in [5.41, 5.74) is 1.13. The average molecular weight is 295 g/mol. The number of nitrogens with one attached hydrogen (secondary N) is 1. The standard InChI is InChI=1S/C14H25N5S/c1-2-6-15-14-13(16-17-20-14)11-18-8-9-19-7-4-3-5-12(19)10-18/h12,15H,2-11H2,1H3. The zero-order valence-electron chi connectivity index (χ0n) is 12.3. The summed E-state index contributed by atoms with van der Waals surface area (Å²) in [6, 6.07) is 0.774. The first-order valence-electron chi connectivity index (χ1n) is 7.88. The van der Waals surface area contributed by atoms with Crippen LogP contribution in [-0.4, -0.2) is 58.2 Å². The number of anilines is 1. The van der Waals surface area contributed by atoms with E-state index in [0.29, 0.717) is 0 Å². The van der Waals surface area contributed by atoms with Crippen molar-refractivity contribution in [2.24, 2.45) is 0 Å². The Hall–Kier alpha value is -0.720. The highest BCUT2D eigenvalue weighted by molar-refractivity contribution is 7.10. The molecule has 1 unspecified atom stereocenters. The zero-order valence-corrected chi connectivity index (χ0v) is 13.2. The first-order chi connectivity index (χ1) is 9.86. The van der Waals surface area contributed by atoms with Gasteiger partial charge in [0.1, 0.15) is 10.7 Å². The molecule has 3 rings (SSSR count). The Morgan fingerprint density at radius 1 is 1.30 bits per heavy atom. The summed E-state index contributed by atoms with van der Waals surface area (Å²) < 4.78 is 4.11. The van der Waals surface area contributed by atoms with E-state index in [-0.39, 0.29) is 0 Å². The minimum absolute atomic E-state index is 0.774. The van der Waals surface area contributed by atoms with Gasteiger partial charge in [0, 0.05) is 50.3 Å². The second-order valence-corrected chi connectivity index (χ2v) is 6.65. The van der Waals surface area contributed by atoms with Gasteiger partial charge in [0.25, 0.3) is 0 Å². The van der Waals surface area contributed by atoms with Gasteiger partial charge in [-0.1, -0.05) is 17.8 Å². The average Bonchev–Trinajstić information content (AvgIpc) is 2.92. The number of piperidine rings is 1. The fourth-order valence-electron chi connectivity index (χ4n) is 3.26. The molecule has 1 N–H and O–H groups in total. The van der Waals surface area contributed by atoms with Crippen LogP contribution in [0.1, 0.15) is 38.3 Å². The van der Waals surface area contributed by atoms with Crippen molar-refractivity contribution in [3.8, 4) is 0 Å². The van der Waals surface area contributed by atoms with E-state index in [1.807, 2.05) is 0 Å². The van der Waals surface area contributed by atoms with Crippen LogP contribution in [0, 0.1) is 0 Å². The van der Waals surface area contributed by atoms with Gasteiger partial charge in [0.05, 0.1) is 0 Å². The normalized spacial score (nSPS) is 24.6. The smallest absolute Gasteiger partial charge is 0.134 e. The molecule has 0 bridgehead atoms. The monoisotopic (exact) mass is 295 g/mol. The van der Waals surface area contributed by atoms with Crippen LogP contribution < -0.4 is 5.32 Å². The molecule has 0 saturated carbocycles. The van der Waals surface area contributed by atoms with Crippen LogP contribution in [0.25, 0.3) is 0 Å². The lowest BCUT2D eigenvalue weighted by Crippen LogP contribution is -2.54. The number of rotatable bonds is 5. The Morgan fingerprint density at radius 2 is 2.25 bits per heavy atom. The summed E-state index contributed by atoms with van der Waals surface area (Å²) in [6.07, 6.45) is 5.29. The van der Waals surface area contributed by atoms with E-state index < -0.39 is 0 Å². The third-order valence-corrected chi connectivity index (χ3v) is 5.11. The SMILES string of the molecule is CCCNc1snnc1CN1CCN2CCCCC2C1. The van der Waals surface area contributed by atoms with Gasteiger partial charge in [-0.05, 0) is 25.8 Å². The fraction of sp³-hybridized carbons (Fsp3) is 0.857. The highest BCUT2D eigenvalue weighted by atomic mass is 32.1. The van der Waals surface area contributed by atoms with Gasteiger partial charge in [-0.2, -0.15) is 0 Å². The predicted molar refractivity (Wildman–Crippen MR) is 83.2 cm³/mol. The minimum Gasteiger partial charge on any atom is -0.374 e. The summed E-state index contributed by atoms with van der Waals surface area (Å²) in [6.45, 7) is 9.04. The number of fused-ring (bicyclic) bond motifs is 1. The fourth-order valence-corrected chi connectivity index (χ4v) is 3.86. The maximum atomic E-state index is 4.32. The molecule has 20 heavy (non-hydrogen) atoms. The van der Waals surface area contributed by atoms with E-state index in [0.717, 1.165) is 36.2 Å². The Kier molecular flexibility index (Phi) is 4.86. The van der Waals surface area contributed by atoms with Crippen molar-refractivity contribution < 1.29 is 0 Å².